The molecular weight excluding hydrogens is 214 g/mol. The summed E-state index contributed by atoms with van der Waals surface area (Å²) >= 11 is 0. The van der Waals surface area contributed by atoms with Crippen molar-refractivity contribution in [2.24, 2.45) is 0 Å². The van der Waals surface area contributed by atoms with Gasteiger partial charge < -0.3 is 14.4 Å². The Morgan fingerprint density at radius 2 is 1.94 bits per heavy atom. The van der Waals surface area contributed by atoms with E-state index in [1.54, 1.807) is 14.2 Å². The zero-order valence-electron chi connectivity index (χ0n) is 11.3. The highest BCUT2D eigenvalue weighted by atomic mass is 16.5. The Morgan fingerprint density at radius 1 is 1.18 bits per heavy atom. The SMILES string of the molecule is COCc1ccc(OC)c(CCCN(C)C)c1. The molecular formula is C14H23NO2. The molecule has 0 saturated carbocycles. The highest BCUT2D eigenvalue weighted by Crippen LogP contribution is 2.21. The molecule has 3 heteroatoms. The van der Waals surface area contributed by atoms with E-state index < -0.39 is 0 Å². The molecule has 1 rings (SSSR count). The Kier molecular flexibility index (Phi) is 6.01. The Morgan fingerprint density at radius 3 is 2.53 bits per heavy atom. The molecule has 3 nitrogen and oxygen atoms in total. The summed E-state index contributed by atoms with van der Waals surface area (Å²) in [5.41, 5.74) is 2.47. The number of methoxy groups -OCH3 is 2. The minimum Gasteiger partial charge on any atom is -0.496 e. The van der Waals surface area contributed by atoms with Crippen molar-refractivity contribution in [3.63, 3.8) is 0 Å². The van der Waals surface area contributed by atoms with Crippen LogP contribution in [0, 0.1) is 0 Å². The highest BCUT2D eigenvalue weighted by Gasteiger charge is 2.04. The minimum atomic E-state index is 0.657. The van der Waals surface area contributed by atoms with Gasteiger partial charge in [0.2, 0.25) is 0 Å². The molecule has 0 aliphatic heterocycles. The summed E-state index contributed by atoms with van der Waals surface area (Å²) < 4.78 is 10.5. The van der Waals surface area contributed by atoms with Crippen molar-refractivity contribution in [1.29, 1.82) is 0 Å². The number of hydrogen-bond acceptors (Lipinski definition) is 3. The second-order valence-corrected chi connectivity index (χ2v) is 4.49. The van der Waals surface area contributed by atoms with E-state index in [0.717, 1.165) is 25.1 Å². The Labute approximate surface area is 104 Å². The van der Waals surface area contributed by atoms with Gasteiger partial charge in [0.05, 0.1) is 13.7 Å². The molecule has 17 heavy (non-hydrogen) atoms. The molecule has 0 atom stereocenters. The number of benzene rings is 1. The minimum absolute atomic E-state index is 0.657. The fraction of sp³-hybridized carbons (Fsp3) is 0.571. The molecule has 96 valence electrons. The third-order valence-corrected chi connectivity index (χ3v) is 2.71. The first-order valence-electron chi connectivity index (χ1n) is 5.97. The summed E-state index contributed by atoms with van der Waals surface area (Å²) in [5.74, 6) is 0.976. The lowest BCUT2D eigenvalue weighted by Gasteiger charge is -2.12. The lowest BCUT2D eigenvalue weighted by molar-refractivity contribution is 0.184. The van der Waals surface area contributed by atoms with Crippen LogP contribution in [0.3, 0.4) is 0 Å². The number of ether oxygens (including phenoxy) is 2. The molecule has 0 amide bonds. The van der Waals surface area contributed by atoms with Crippen molar-refractivity contribution in [2.75, 3.05) is 34.9 Å². The smallest absolute Gasteiger partial charge is 0.122 e. The van der Waals surface area contributed by atoms with Crippen LogP contribution in [-0.2, 0) is 17.8 Å². The van der Waals surface area contributed by atoms with Crippen LogP contribution in [-0.4, -0.2) is 39.8 Å². The van der Waals surface area contributed by atoms with E-state index in [1.807, 2.05) is 6.07 Å². The molecule has 0 aliphatic rings. The van der Waals surface area contributed by atoms with Gasteiger partial charge in [-0.1, -0.05) is 6.07 Å². The molecule has 0 spiro atoms. The molecule has 0 fully saturated rings. The first kappa shape index (κ1) is 14.0. The molecule has 0 aromatic heterocycles. The van der Waals surface area contributed by atoms with E-state index in [9.17, 15) is 0 Å². The van der Waals surface area contributed by atoms with Crippen LogP contribution < -0.4 is 4.74 Å². The van der Waals surface area contributed by atoms with Crippen molar-refractivity contribution in [2.45, 2.75) is 19.4 Å². The molecule has 0 unspecified atom stereocenters. The summed E-state index contributed by atoms with van der Waals surface area (Å²) in [6.45, 7) is 1.75. The molecule has 0 bridgehead atoms. The van der Waals surface area contributed by atoms with Crippen LogP contribution in [0.2, 0.25) is 0 Å². The summed E-state index contributed by atoms with van der Waals surface area (Å²) in [6, 6.07) is 6.26. The van der Waals surface area contributed by atoms with Gasteiger partial charge in [0.15, 0.2) is 0 Å². The molecule has 1 aromatic rings. The van der Waals surface area contributed by atoms with Gasteiger partial charge in [-0.2, -0.15) is 0 Å². The van der Waals surface area contributed by atoms with Gasteiger partial charge in [0.1, 0.15) is 5.75 Å². The molecule has 0 saturated heterocycles. The number of nitrogens with zero attached hydrogens (tertiary/aromatic N) is 1. The maximum Gasteiger partial charge on any atom is 0.122 e. The van der Waals surface area contributed by atoms with Gasteiger partial charge in [-0.15, -0.1) is 0 Å². The van der Waals surface area contributed by atoms with Crippen LogP contribution in [0.25, 0.3) is 0 Å². The second kappa shape index (κ2) is 7.30. The van der Waals surface area contributed by atoms with Gasteiger partial charge in [-0.3, -0.25) is 0 Å². The van der Waals surface area contributed by atoms with Crippen molar-refractivity contribution in [1.82, 2.24) is 4.90 Å². The van der Waals surface area contributed by atoms with Crippen LogP contribution in [0.1, 0.15) is 17.5 Å². The fourth-order valence-electron chi connectivity index (χ4n) is 1.87. The summed E-state index contributed by atoms with van der Waals surface area (Å²) in [7, 11) is 7.63. The first-order valence-corrected chi connectivity index (χ1v) is 5.97. The van der Waals surface area contributed by atoms with Gasteiger partial charge in [0, 0.05) is 7.11 Å². The maximum atomic E-state index is 5.38. The Hall–Kier alpha value is -1.06. The monoisotopic (exact) mass is 237 g/mol. The lowest BCUT2D eigenvalue weighted by Crippen LogP contribution is -2.13. The number of aryl methyl sites for hydroxylation is 1. The predicted octanol–water partition coefficient (Wildman–Crippen LogP) is 2.34. The quantitative estimate of drug-likeness (QED) is 0.726. The lowest BCUT2D eigenvalue weighted by atomic mass is 10.1. The average molecular weight is 237 g/mol. The molecule has 0 aliphatic carbocycles. The van der Waals surface area contributed by atoms with Crippen molar-refractivity contribution in [3.05, 3.63) is 29.3 Å². The topological polar surface area (TPSA) is 21.7 Å². The van der Waals surface area contributed by atoms with Crippen molar-refractivity contribution in [3.8, 4) is 5.75 Å². The van der Waals surface area contributed by atoms with E-state index in [0.29, 0.717) is 6.61 Å². The summed E-state index contributed by atoms with van der Waals surface area (Å²) in [5, 5.41) is 0. The first-order chi connectivity index (χ1) is 8.17. The predicted molar refractivity (Wildman–Crippen MR) is 70.6 cm³/mol. The Balaban J connectivity index is 2.68. The van der Waals surface area contributed by atoms with Crippen LogP contribution in [0.4, 0.5) is 0 Å². The summed E-state index contributed by atoms with van der Waals surface area (Å²) in [6.07, 6.45) is 2.18. The fourth-order valence-corrected chi connectivity index (χ4v) is 1.87. The molecule has 0 heterocycles. The molecule has 0 N–H and O–H groups in total. The Bertz CT molecular complexity index is 337. The van der Waals surface area contributed by atoms with Crippen LogP contribution in [0.15, 0.2) is 18.2 Å². The molecule has 0 radical (unpaired) electrons. The average Bonchev–Trinajstić information content (AvgIpc) is 2.29. The van der Waals surface area contributed by atoms with Gasteiger partial charge in [0.25, 0.3) is 0 Å². The zero-order chi connectivity index (χ0) is 12.7. The molecule has 1 aromatic carbocycles. The standard InChI is InChI=1S/C14H23NO2/c1-15(2)9-5-6-13-10-12(11-16-3)7-8-14(13)17-4/h7-8,10H,5-6,9,11H2,1-4H3. The van der Waals surface area contributed by atoms with Gasteiger partial charge in [-0.25, -0.2) is 0 Å². The van der Waals surface area contributed by atoms with E-state index in [1.165, 1.54) is 11.1 Å². The van der Waals surface area contributed by atoms with E-state index >= 15 is 0 Å². The van der Waals surface area contributed by atoms with Gasteiger partial charge in [-0.05, 0) is 56.7 Å². The van der Waals surface area contributed by atoms with Crippen molar-refractivity contribution < 1.29 is 9.47 Å². The normalized spacial score (nSPS) is 10.9. The third kappa shape index (κ3) is 4.75. The zero-order valence-corrected chi connectivity index (χ0v) is 11.3. The maximum absolute atomic E-state index is 5.38. The van der Waals surface area contributed by atoms with E-state index in [2.05, 4.69) is 31.1 Å². The van der Waals surface area contributed by atoms with E-state index in [-0.39, 0.29) is 0 Å². The summed E-state index contributed by atoms with van der Waals surface area (Å²) in [4.78, 5) is 2.20. The van der Waals surface area contributed by atoms with Crippen molar-refractivity contribution >= 4 is 0 Å². The second-order valence-electron chi connectivity index (χ2n) is 4.49. The van der Waals surface area contributed by atoms with Crippen LogP contribution >= 0.6 is 0 Å². The highest BCUT2D eigenvalue weighted by molar-refractivity contribution is 5.37. The largest absolute Gasteiger partial charge is 0.496 e. The number of rotatable bonds is 7. The third-order valence-electron chi connectivity index (χ3n) is 2.71. The van der Waals surface area contributed by atoms with Gasteiger partial charge >= 0.3 is 0 Å². The van der Waals surface area contributed by atoms with Crippen LogP contribution in [0.5, 0.6) is 5.75 Å². The number of hydrogen-bond donors (Lipinski definition) is 0. The van der Waals surface area contributed by atoms with E-state index in [4.69, 9.17) is 9.47 Å².